The zero-order valence-corrected chi connectivity index (χ0v) is 19.3. The highest BCUT2D eigenvalue weighted by Crippen LogP contribution is 2.54. The largest absolute Gasteiger partial charge is 0.308 e. The van der Waals surface area contributed by atoms with Crippen LogP contribution in [0.2, 0.25) is 0 Å². The molecule has 4 aliphatic rings. The van der Waals surface area contributed by atoms with Gasteiger partial charge in [0.15, 0.2) is 0 Å². The molecule has 0 bridgehead atoms. The Balaban J connectivity index is 1.30. The van der Waals surface area contributed by atoms with Crippen LogP contribution in [0.3, 0.4) is 0 Å². The molecule has 0 atom stereocenters. The SMILES string of the molecule is c1ccc2c(c1)Cc1cc3c(cc1-2)-c1c(ccc2c1Cc1ccnc4c1N2c1ccccc1C4)C3. The predicted octanol–water partition coefficient (Wildman–Crippen LogP) is 7.50. The molecule has 9 rings (SSSR count). The van der Waals surface area contributed by atoms with E-state index in [1.807, 2.05) is 6.20 Å². The minimum Gasteiger partial charge on any atom is -0.308 e. The second kappa shape index (κ2) is 6.28. The first kappa shape index (κ1) is 18.2. The van der Waals surface area contributed by atoms with Gasteiger partial charge < -0.3 is 4.90 Å². The molecule has 5 aromatic rings. The van der Waals surface area contributed by atoms with Gasteiger partial charge in [0.2, 0.25) is 0 Å². The summed E-state index contributed by atoms with van der Waals surface area (Å²) < 4.78 is 0. The van der Waals surface area contributed by atoms with Gasteiger partial charge in [-0.3, -0.25) is 4.98 Å². The molecule has 0 radical (unpaired) electrons. The van der Waals surface area contributed by atoms with E-state index in [4.69, 9.17) is 4.98 Å². The van der Waals surface area contributed by atoms with Crippen LogP contribution in [-0.2, 0) is 25.7 Å². The van der Waals surface area contributed by atoms with Crippen LogP contribution in [0.4, 0.5) is 17.1 Å². The number of anilines is 3. The van der Waals surface area contributed by atoms with Crippen LogP contribution >= 0.6 is 0 Å². The Morgan fingerprint density at radius 2 is 1.37 bits per heavy atom. The fourth-order valence-electron chi connectivity index (χ4n) is 7.08. The van der Waals surface area contributed by atoms with Crippen molar-refractivity contribution in [1.82, 2.24) is 4.98 Å². The van der Waals surface area contributed by atoms with Crippen LogP contribution < -0.4 is 4.90 Å². The van der Waals surface area contributed by atoms with Gasteiger partial charge in [0.1, 0.15) is 0 Å². The number of para-hydroxylation sites is 1. The maximum atomic E-state index is 4.81. The number of rotatable bonds is 0. The van der Waals surface area contributed by atoms with Gasteiger partial charge in [-0.15, -0.1) is 0 Å². The maximum Gasteiger partial charge on any atom is 0.0716 e. The smallest absolute Gasteiger partial charge is 0.0716 e. The molecule has 0 saturated heterocycles. The monoisotopic (exact) mass is 446 g/mol. The second-order valence-corrected chi connectivity index (χ2v) is 10.4. The molecular formula is C33H22N2. The van der Waals surface area contributed by atoms with Crippen LogP contribution in [0, 0.1) is 0 Å². The fraction of sp³-hybridized carbons (Fsp3) is 0.121. The third kappa shape index (κ3) is 2.27. The van der Waals surface area contributed by atoms with Gasteiger partial charge >= 0.3 is 0 Å². The quantitative estimate of drug-likeness (QED) is 0.240. The van der Waals surface area contributed by atoms with Gasteiger partial charge in [-0.2, -0.15) is 0 Å². The first-order valence-corrected chi connectivity index (χ1v) is 12.6. The number of benzene rings is 4. The molecule has 0 N–H and O–H groups in total. The highest BCUT2D eigenvalue weighted by molar-refractivity contribution is 5.95. The molecule has 2 aliphatic heterocycles. The lowest BCUT2D eigenvalue weighted by atomic mass is 9.85. The van der Waals surface area contributed by atoms with E-state index >= 15 is 0 Å². The van der Waals surface area contributed by atoms with Crippen molar-refractivity contribution in [3.63, 3.8) is 0 Å². The van der Waals surface area contributed by atoms with E-state index in [9.17, 15) is 0 Å². The Bertz CT molecular complexity index is 1760. The molecule has 0 saturated carbocycles. The molecule has 4 aromatic carbocycles. The summed E-state index contributed by atoms with van der Waals surface area (Å²) in [6.45, 7) is 0. The lowest BCUT2D eigenvalue weighted by molar-refractivity contribution is 0.960. The van der Waals surface area contributed by atoms with Crippen LogP contribution in [0.25, 0.3) is 22.3 Å². The van der Waals surface area contributed by atoms with Gasteiger partial charge in [0, 0.05) is 24.7 Å². The summed E-state index contributed by atoms with van der Waals surface area (Å²) in [5, 5.41) is 0. The second-order valence-electron chi connectivity index (χ2n) is 10.4. The predicted molar refractivity (Wildman–Crippen MR) is 141 cm³/mol. The molecule has 0 fully saturated rings. The summed E-state index contributed by atoms with van der Waals surface area (Å²) in [6.07, 6.45) is 5.97. The van der Waals surface area contributed by atoms with Crippen molar-refractivity contribution in [3.05, 3.63) is 130 Å². The van der Waals surface area contributed by atoms with Gasteiger partial charge in [0.25, 0.3) is 0 Å². The maximum absolute atomic E-state index is 4.81. The van der Waals surface area contributed by atoms with Crippen LogP contribution in [0.15, 0.2) is 85.1 Å². The summed E-state index contributed by atoms with van der Waals surface area (Å²) >= 11 is 0. The van der Waals surface area contributed by atoms with Crippen LogP contribution in [-0.4, -0.2) is 4.98 Å². The first-order chi connectivity index (χ1) is 17.3. The van der Waals surface area contributed by atoms with Gasteiger partial charge in [0.05, 0.1) is 17.1 Å². The molecule has 0 unspecified atom stereocenters. The van der Waals surface area contributed by atoms with E-state index in [0.29, 0.717) is 0 Å². The Hall–Kier alpha value is -4.17. The first-order valence-electron chi connectivity index (χ1n) is 12.6. The summed E-state index contributed by atoms with van der Waals surface area (Å²) in [5.41, 5.74) is 21.0. The van der Waals surface area contributed by atoms with Crippen molar-refractivity contribution in [2.45, 2.75) is 25.7 Å². The number of hydrogen-bond acceptors (Lipinski definition) is 2. The number of aromatic nitrogens is 1. The van der Waals surface area contributed by atoms with Gasteiger partial charge in [-0.25, -0.2) is 0 Å². The number of hydrogen-bond donors (Lipinski definition) is 0. The van der Waals surface area contributed by atoms with Gasteiger partial charge in [-0.1, -0.05) is 54.6 Å². The third-order valence-corrected chi connectivity index (χ3v) is 8.55. The average molecular weight is 447 g/mol. The minimum absolute atomic E-state index is 0.907. The number of fused-ring (bicyclic) bond motifs is 11. The summed E-state index contributed by atoms with van der Waals surface area (Å²) in [7, 11) is 0. The molecule has 1 aromatic heterocycles. The molecular weight excluding hydrogens is 424 g/mol. The van der Waals surface area contributed by atoms with E-state index in [-0.39, 0.29) is 0 Å². The summed E-state index contributed by atoms with van der Waals surface area (Å²) in [4.78, 5) is 7.31. The van der Waals surface area contributed by atoms with Gasteiger partial charge in [-0.05, 0) is 98.3 Å². The van der Waals surface area contributed by atoms with Crippen LogP contribution in [0.5, 0.6) is 0 Å². The van der Waals surface area contributed by atoms with Crippen molar-refractivity contribution in [2.75, 3.05) is 4.90 Å². The molecule has 0 spiro atoms. The summed E-state index contributed by atoms with van der Waals surface area (Å²) in [6, 6.07) is 29.7. The zero-order valence-electron chi connectivity index (χ0n) is 19.3. The average Bonchev–Trinajstić information content (AvgIpc) is 3.44. The highest BCUT2D eigenvalue weighted by atomic mass is 15.2. The van der Waals surface area contributed by atoms with E-state index in [0.717, 1.165) is 25.7 Å². The Morgan fingerprint density at radius 3 is 2.34 bits per heavy atom. The Morgan fingerprint density at radius 1 is 0.543 bits per heavy atom. The molecule has 2 nitrogen and oxygen atoms in total. The lowest BCUT2D eigenvalue weighted by Crippen LogP contribution is -2.25. The zero-order chi connectivity index (χ0) is 22.7. The van der Waals surface area contributed by atoms with E-state index in [2.05, 4.69) is 83.8 Å². The van der Waals surface area contributed by atoms with Crippen molar-refractivity contribution in [2.24, 2.45) is 0 Å². The molecule has 35 heavy (non-hydrogen) atoms. The molecule has 2 aliphatic carbocycles. The number of nitrogens with zero attached hydrogens (tertiary/aromatic N) is 2. The standard InChI is InChI=1S/C33H22N2/c1-3-7-25-19(5-1)13-23-15-24-14-21-9-10-31-28(32(21)27(24)18-26(23)25)16-22-11-12-34-29-17-20-6-2-4-8-30(20)35(31)33(22)29/h1-12,15,18H,13-14,16-17H2. The summed E-state index contributed by atoms with van der Waals surface area (Å²) in [5.74, 6) is 0. The normalized spacial score (nSPS) is 14.9. The topological polar surface area (TPSA) is 16.1 Å². The van der Waals surface area contributed by atoms with Crippen molar-refractivity contribution < 1.29 is 0 Å². The number of pyridine rings is 1. The Kier molecular flexibility index (Phi) is 3.27. The molecule has 3 heterocycles. The molecule has 0 amide bonds. The van der Waals surface area contributed by atoms with Crippen molar-refractivity contribution >= 4 is 17.1 Å². The third-order valence-electron chi connectivity index (χ3n) is 8.55. The lowest BCUT2D eigenvalue weighted by Gasteiger charge is -2.39. The minimum atomic E-state index is 0.907. The van der Waals surface area contributed by atoms with E-state index in [1.165, 1.54) is 84.0 Å². The Labute approximate surface area is 204 Å². The molecule has 164 valence electrons. The fourth-order valence-corrected chi connectivity index (χ4v) is 7.08. The van der Waals surface area contributed by atoms with E-state index in [1.54, 1.807) is 0 Å². The van der Waals surface area contributed by atoms with E-state index < -0.39 is 0 Å². The van der Waals surface area contributed by atoms with Crippen LogP contribution in [0.1, 0.15) is 44.6 Å². The highest BCUT2D eigenvalue weighted by Gasteiger charge is 2.35. The van der Waals surface area contributed by atoms with Crippen molar-refractivity contribution in [1.29, 1.82) is 0 Å². The molecule has 2 heteroatoms. The van der Waals surface area contributed by atoms with Crippen molar-refractivity contribution in [3.8, 4) is 22.3 Å².